The first kappa shape index (κ1) is 29.7. The maximum absolute atomic E-state index is 14.2. The number of benzene rings is 2. The molecule has 0 unspecified atom stereocenters. The Bertz CT molecular complexity index is 1730. The van der Waals surface area contributed by atoms with Gasteiger partial charge in [0.15, 0.2) is 4.80 Å². The van der Waals surface area contributed by atoms with Gasteiger partial charge in [0.1, 0.15) is 0 Å². The molecule has 0 radical (unpaired) electrons. The standard InChI is InChI=1S/C30H33ClN6O4S/c1-5-34(6-2)29(39)26-19(3)32-30-36(27(26)20-7-9-22(31)10-8-20)28(38)25(42-30)18-21-17-23(37(40)41)11-12-24(21)35-15-13-33(4)14-16-35/h7-12,17-18,27H,5-6,13-16H2,1-4H3/b25-18-/t27-/m0/s1. The largest absolute Gasteiger partial charge is 0.368 e. The first-order valence-corrected chi connectivity index (χ1v) is 15.1. The molecule has 42 heavy (non-hydrogen) atoms. The molecule has 1 amide bonds. The number of thiazole rings is 1. The molecular weight excluding hydrogens is 576 g/mol. The van der Waals surface area contributed by atoms with Gasteiger partial charge in [-0.2, -0.15) is 0 Å². The Morgan fingerprint density at radius 2 is 1.81 bits per heavy atom. The van der Waals surface area contributed by atoms with Gasteiger partial charge in [0.2, 0.25) is 0 Å². The summed E-state index contributed by atoms with van der Waals surface area (Å²) in [6.45, 7) is 9.93. The summed E-state index contributed by atoms with van der Waals surface area (Å²) in [5.41, 5.74) is 2.80. The first-order chi connectivity index (χ1) is 20.1. The van der Waals surface area contributed by atoms with Crippen molar-refractivity contribution < 1.29 is 9.72 Å². The number of piperazine rings is 1. The number of amides is 1. The number of rotatable bonds is 7. The number of fused-ring (bicyclic) bond motifs is 1. The number of anilines is 1. The van der Waals surface area contributed by atoms with E-state index in [-0.39, 0.29) is 17.2 Å². The van der Waals surface area contributed by atoms with Crippen LogP contribution in [0.15, 0.2) is 63.5 Å². The minimum Gasteiger partial charge on any atom is -0.368 e. The molecular formula is C30H33ClN6O4S. The van der Waals surface area contributed by atoms with Gasteiger partial charge in [-0.3, -0.25) is 24.3 Å². The van der Waals surface area contributed by atoms with Gasteiger partial charge in [-0.05, 0) is 57.7 Å². The predicted octanol–water partition coefficient (Wildman–Crippen LogP) is 3.42. The highest BCUT2D eigenvalue weighted by Gasteiger charge is 2.34. The maximum atomic E-state index is 14.2. The van der Waals surface area contributed by atoms with Crippen LogP contribution in [0.2, 0.25) is 5.02 Å². The van der Waals surface area contributed by atoms with Crippen LogP contribution in [-0.2, 0) is 4.79 Å². The van der Waals surface area contributed by atoms with E-state index in [1.165, 1.54) is 23.5 Å². The summed E-state index contributed by atoms with van der Waals surface area (Å²) in [4.78, 5) is 50.5. The molecule has 0 aliphatic carbocycles. The van der Waals surface area contributed by atoms with Gasteiger partial charge in [-0.1, -0.05) is 35.1 Å². The minimum absolute atomic E-state index is 0.0473. The Morgan fingerprint density at radius 3 is 2.43 bits per heavy atom. The van der Waals surface area contributed by atoms with E-state index in [0.29, 0.717) is 44.3 Å². The minimum atomic E-state index is -0.698. The number of nitro groups is 1. The number of hydrogen-bond donors (Lipinski definition) is 0. The Hall–Kier alpha value is -3.80. The number of nitrogens with zero attached hydrogens (tertiary/aromatic N) is 6. The molecule has 1 fully saturated rings. The van der Waals surface area contributed by atoms with Crippen molar-refractivity contribution in [3.8, 4) is 0 Å². The highest BCUT2D eigenvalue weighted by molar-refractivity contribution is 7.07. The summed E-state index contributed by atoms with van der Waals surface area (Å²) in [5, 5.41) is 12.2. The summed E-state index contributed by atoms with van der Waals surface area (Å²) >= 11 is 7.40. The fraction of sp³-hybridized carbons (Fsp3) is 0.367. The predicted molar refractivity (Wildman–Crippen MR) is 166 cm³/mol. The summed E-state index contributed by atoms with van der Waals surface area (Å²) in [5.74, 6) is -0.175. The molecule has 1 aromatic heterocycles. The van der Waals surface area contributed by atoms with E-state index < -0.39 is 11.0 Å². The topological polar surface area (TPSA) is 104 Å². The zero-order valence-electron chi connectivity index (χ0n) is 24.0. The van der Waals surface area contributed by atoms with Gasteiger partial charge in [0, 0.05) is 67.7 Å². The zero-order valence-corrected chi connectivity index (χ0v) is 25.6. The smallest absolute Gasteiger partial charge is 0.271 e. The number of likely N-dealkylation sites (N-methyl/N-ethyl adjacent to an activating group) is 2. The molecule has 2 aliphatic heterocycles. The Labute approximate surface area is 252 Å². The molecule has 10 nitrogen and oxygen atoms in total. The normalized spacial score (nSPS) is 17.7. The van der Waals surface area contributed by atoms with Gasteiger partial charge in [-0.15, -0.1) is 0 Å². The number of carbonyl (C=O) groups excluding carboxylic acids is 1. The zero-order chi connectivity index (χ0) is 30.1. The van der Waals surface area contributed by atoms with Crippen LogP contribution in [0, 0.1) is 10.1 Å². The lowest BCUT2D eigenvalue weighted by atomic mass is 9.94. The lowest BCUT2D eigenvalue weighted by molar-refractivity contribution is -0.384. The molecule has 0 spiro atoms. The maximum Gasteiger partial charge on any atom is 0.271 e. The molecule has 12 heteroatoms. The van der Waals surface area contributed by atoms with Crippen molar-refractivity contribution in [3.63, 3.8) is 0 Å². The summed E-state index contributed by atoms with van der Waals surface area (Å²) in [6.07, 6.45) is 1.72. The van der Waals surface area contributed by atoms with E-state index in [1.807, 2.05) is 26.0 Å². The molecule has 2 aromatic carbocycles. The van der Waals surface area contributed by atoms with Crippen LogP contribution in [0.1, 0.15) is 37.9 Å². The third-order valence-electron chi connectivity index (χ3n) is 7.84. The lowest BCUT2D eigenvalue weighted by Gasteiger charge is -2.34. The van der Waals surface area contributed by atoms with Crippen molar-refractivity contribution in [1.29, 1.82) is 0 Å². The van der Waals surface area contributed by atoms with Crippen molar-refractivity contribution in [3.05, 3.63) is 99.7 Å². The van der Waals surface area contributed by atoms with Crippen molar-refractivity contribution >= 4 is 46.3 Å². The van der Waals surface area contributed by atoms with Crippen molar-refractivity contribution in [2.24, 2.45) is 4.99 Å². The quantitative estimate of drug-likeness (QED) is 0.301. The highest BCUT2D eigenvalue weighted by atomic mass is 35.5. The van der Waals surface area contributed by atoms with Crippen LogP contribution >= 0.6 is 22.9 Å². The highest BCUT2D eigenvalue weighted by Crippen LogP contribution is 2.32. The van der Waals surface area contributed by atoms with Gasteiger partial charge in [-0.25, -0.2) is 4.99 Å². The second-order valence-corrected chi connectivity index (χ2v) is 11.8. The van der Waals surface area contributed by atoms with E-state index >= 15 is 0 Å². The van der Waals surface area contributed by atoms with Crippen LogP contribution in [0.5, 0.6) is 0 Å². The number of non-ortho nitro benzene ring substituents is 1. The molecule has 2 aliphatic rings. The average molecular weight is 609 g/mol. The third kappa shape index (κ3) is 5.64. The van der Waals surface area contributed by atoms with E-state index in [4.69, 9.17) is 16.6 Å². The number of nitro benzene ring substituents is 1. The van der Waals surface area contributed by atoms with E-state index in [9.17, 15) is 19.7 Å². The van der Waals surface area contributed by atoms with Crippen LogP contribution in [-0.4, -0.2) is 71.5 Å². The van der Waals surface area contributed by atoms with Crippen LogP contribution < -0.4 is 19.8 Å². The SMILES string of the molecule is CCN(CC)C(=O)C1=C(C)N=c2s/c(=C\c3cc([N+](=O)[O-])ccc3N3CCN(C)CC3)c(=O)n2[C@H]1c1ccc(Cl)cc1. The Balaban J connectivity index is 1.70. The van der Waals surface area contributed by atoms with Crippen LogP contribution in [0.3, 0.4) is 0 Å². The molecule has 1 saturated heterocycles. The number of carbonyl (C=O) groups is 1. The fourth-order valence-electron chi connectivity index (χ4n) is 5.48. The van der Waals surface area contributed by atoms with Crippen LogP contribution in [0.4, 0.5) is 11.4 Å². The number of halogens is 1. The number of allylic oxidation sites excluding steroid dienone is 1. The van der Waals surface area contributed by atoms with Gasteiger partial charge in [0.05, 0.1) is 26.8 Å². The molecule has 0 saturated carbocycles. The van der Waals surface area contributed by atoms with E-state index in [0.717, 1.165) is 37.4 Å². The fourth-order valence-corrected chi connectivity index (χ4v) is 6.65. The summed E-state index contributed by atoms with van der Waals surface area (Å²) in [6, 6.07) is 11.2. The molecule has 220 valence electrons. The van der Waals surface area contributed by atoms with Gasteiger partial charge >= 0.3 is 0 Å². The molecule has 0 bridgehead atoms. The first-order valence-electron chi connectivity index (χ1n) is 13.9. The second-order valence-electron chi connectivity index (χ2n) is 10.4. The number of aromatic nitrogens is 1. The lowest BCUT2D eigenvalue weighted by Crippen LogP contribution is -2.44. The van der Waals surface area contributed by atoms with Crippen molar-refractivity contribution in [1.82, 2.24) is 14.4 Å². The third-order valence-corrected chi connectivity index (χ3v) is 9.08. The van der Waals surface area contributed by atoms with E-state index in [1.54, 1.807) is 40.7 Å². The molecule has 5 rings (SSSR count). The molecule has 3 aromatic rings. The number of hydrogen-bond acceptors (Lipinski definition) is 8. The second kappa shape index (κ2) is 12.2. The van der Waals surface area contributed by atoms with Gasteiger partial charge in [0.25, 0.3) is 17.2 Å². The summed E-state index contributed by atoms with van der Waals surface area (Å²) in [7, 11) is 2.06. The molecule has 0 N–H and O–H groups in total. The Kier molecular flexibility index (Phi) is 8.63. The molecule has 1 atom stereocenters. The Morgan fingerprint density at radius 1 is 1.14 bits per heavy atom. The molecule has 3 heterocycles. The van der Waals surface area contributed by atoms with Crippen molar-refractivity contribution in [2.45, 2.75) is 26.8 Å². The van der Waals surface area contributed by atoms with E-state index in [2.05, 4.69) is 16.8 Å². The monoisotopic (exact) mass is 608 g/mol. The van der Waals surface area contributed by atoms with Crippen molar-refractivity contribution in [2.75, 3.05) is 51.2 Å². The van der Waals surface area contributed by atoms with Crippen LogP contribution in [0.25, 0.3) is 6.08 Å². The average Bonchev–Trinajstić information content (AvgIpc) is 3.27. The van der Waals surface area contributed by atoms with Gasteiger partial charge < -0.3 is 14.7 Å². The summed E-state index contributed by atoms with van der Waals surface area (Å²) < 4.78 is 1.95.